The normalized spacial score (nSPS) is 11.2. The summed E-state index contributed by atoms with van der Waals surface area (Å²) in [6, 6.07) is 6.82. The van der Waals surface area contributed by atoms with Crippen LogP contribution in [-0.4, -0.2) is 17.7 Å². The summed E-state index contributed by atoms with van der Waals surface area (Å²) in [7, 11) is 0. The zero-order chi connectivity index (χ0) is 12.2. The highest BCUT2D eigenvalue weighted by Gasteiger charge is 2.16. The van der Waals surface area contributed by atoms with E-state index in [1.54, 1.807) is 38.1 Å². The van der Waals surface area contributed by atoms with Crippen molar-refractivity contribution in [3.05, 3.63) is 35.4 Å². The van der Waals surface area contributed by atoms with Crippen molar-refractivity contribution in [1.82, 2.24) is 0 Å². The van der Waals surface area contributed by atoms with Crippen LogP contribution in [-0.2, 0) is 10.3 Å². The van der Waals surface area contributed by atoms with Crippen LogP contribution in [0.4, 0.5) is 0 Å². The van der Waals surface area contributed by atoms with Crippen LogP contribution < -0.4 is 0 Å². The number of carbonyl (C=O) groups is 1. The fraction of sp³-hybridized carbons (Fsp3) is 0.462. The van der Waals surface area contributed by atoms with Gasteiger partial charge in [-0.15, -0.1) is 0 Å². The molecule has 0 radical (unpaired) electrons. The van der Waals surface area contributed by atoms with Crippen LogP contribution in [0.5, 0.6) is 0 Å². The standard InChI is InChI=1S/C13H18O3/c1-4-9-16-12(14)10-5-7-11(8-6-10)13(2,3)15/h5-8,15H,4,9H2,1-3H3. The van der Waals surface area contributed by atoms with E-state index in [0.29, 0.717) is 12.2 Å². The predicted molar refractivity (Wildman–Crippen MR) is 62.3 cm³/mol. The topological polar surface area (TPSA) is 46.5 Å². The zero-order valence-corrected chi connectivity index (χ0v) is 9.99. The van der Waals surface area contributed by atoms with Gasteiger partial charge in [-0.25, -0.2) is 4.79 Å². The Hall–Kier alpha value is -1.35. The average Bonchev–Trinajstić information content (AvgIpc) is 2.25. The van der Waals surface area contributed by atoms with E-state index in [9.17, 15) is 9.90 Å². The van der Waals surface area contributed by atoms with E-state index >= 15 is 0 Å². The van der Waals surface area contributed by atoms with Gasteiger partial charge < -0.3 is 9.84 Å². The lowest BCUT2D eigenvalue weighted by Crippen LogP contribution is -2.15. The predicted octanol–water partition coefficient (Wildman–Crippen LogP) is 2.48. The van der Waals surface area contributed by atoms with Crippen LogP contribution in [0.1, 0.15) is 43.1 Å². The maximum Gasteiger partial charge on any atom is 0.338 e. The summed E-state index contributed by atoms with van der Waals surface area (Å²) in [5.41, 5.74) is 0.410. The molecule has 88 valence electrons. The molecule has 0 fully saturated rings. The Morgan fingerprint density at radius 1 is 1.31 bits per heavy atom. The molecule has 0 aliphatic heterocycles. The molecule has 0 aliphatic rings. The minimum Gasteiger partial charge on any atom is -0.462 e. The number of hydrogen-bond acceptors (Lipinski definition) is 3. The van der Waals surface area contributed by atoms with Gasteiger partial charge in [0.2, 0.25) is 0 Å². The van der Waals surface area contributed by atoms with Crippen LogP contribution in [0.3, 0.4) is 0 Å². The van der Waals surface area contributed by atoms with E-state index in [0.717, 1.165) is 12.0 Å². The third-order valence-electron chi connectivity index (χ3n) is 2.26. The molecule has 0 saturated carbocycles. The first kappa shape index (κ1) is 12.7. The largest absolute Gasteiger partial charge is 0.462 e. The summed E-state index contributed by atoms with van der Waals surface area (Å²) in [6.45, 7) is 5.80. The molecule has 0 unspecified atom stereocenters. The fourth-order valence-electron chi connectivity index (χ4n) is 1.29. The molecule has 0 atom stereocenters. The van der Waals surface area contributed by atoms with Gasteiger partial charge in [-0.3, -0.25) is 0 Å². The Morgan fingerprint density at radius 3 is 2.31 bits per heavy atom. The van der Waals surface area contributed by atoms with Gasteiger partial charge in [-0.05, 0) is 38.0 Å². The molecular weight excluding hydrogens is 204 g/mol. The molecule has 3 heteroatoms. The zero-order valence-electron chi connectivity index (χ0n) is 9.99. The van der Waals surface area contributed by atoms with Gasteiger partial charge in [0.05, 0.1) is 17.8 Å². The Labute approximate surface area is 96.1 Å². The van der Waals surface area contributed by atoms with E-state index < -0.39 is 5.60 Å². The van der Waals surface area contributed by atoms with Crippen molar-refractivity contribution in [2.24, 2.45) is 0 Å². The molecule has 0 heterocycles. The SMILES string of the molecule is CCCOC(=O)c1ccc(C(C)(C)O)cc1. The second-order valence-corrected chi connectivity index (χ2v) is 4.27. The van der Waals surface area contributed by atoms with Crippen molar-refractivity contribution < 1.29 is 14.6 Å². The van der Waals surface area contributed by atoms with Gasteiger partial charge in [0.25, 0.3) is 0 Å². The highest BCUT2D eigenvalue weighted by Crippen LogP contribution is 2.19. The molecule has 0 bridgehead atoms. The number of aliphatic hydroxyl groups is 1. The summed E-state index contributed by atoms with van der Waals surface area (Å²) in [5, 5.41) is 9.74. The second kappa shape index (κ2) is 5.12. The average molecular weight is 222 g/mol. The minimum atomic E-state index is -0.883. The van der Waals surface area contributed by atoms with E-state index in [1.165, 1.54) is 0 Å². The van der Waals surface area contributed by atoms with E-state index in [2.05, 4.69) is 0 Å². The third kappa shape index (κ3) is 3.35. The van der Waals surface area contributed by atoms with E-state index in [1.807, 2.05) is 6.92 Å². The number of carbonyl (C=O) groups excluding carboxylic acids is 1. The van der Waals surface area contributed by atoms with Gasteiger partial charge in [0, 0.05) is 0 Å². The number of benzene rings is 1. The molecule has 1 aromatic carbocycles. The molecule has 16 heavy (non-hydrogen) atoms. The first-order chi connectivity index (χ1) is 7.45. The monoisotopic (exact) mass is 222 g/mol. The molecule has 0 amide bonds. The maximum absolute atomic E-state index is 11.5. The van der Waals surface area contributed by atoms with Gasteiger partial charge in [0.1, 0.15) is 0 Å². The summed E-state index contributed by atoms with van der Waals surface area (Å²) in [6.07, 6.45) is 0.813. The quantitative estimate of drug-likeness (QED) is 0.796. The minimum absolute atomic E-state index is 0.316. The van der Waals surface area contributed by atoms with Gasteiger partial charge in [0.15, 0.2) is 0 Å². The summed E-state index contributed by atoms with van der Waals surface area (Å²) >= 11 is 0. The lowest BCUT2D eigenvalue weighted by molar-refractivity contribution is 0.0503. The van der Waals surface area contributed by atoms with Crippen molar-refractivity contribution in [1.29, 1.82) is 0 Å². The van der Waals surface area contributed by atoms with Crippen molar-refractivity contribution >= 4 is 5.97 Å². The van der Waals surface area contributed by atoms with Crippen molar-refractivity contribution in [2.75, 3.05) is 6.61 Å². The van der Waals surface area contributed by atoms with Gasteiger partial charge in [-0.1, -0.05) is 19.1 Å². The molecular formula is C13H18O3. The van der Waals surface area contributed by atoms with Crippen molar-refractivity contribution in [3.63, 3.8) is 0 Å². The van der Waals surface area contributed by atoms with Crippen LogP contribution in [0.25, 0.3) is 0 Å². The third-order valence-corrected chi connectivity index (χ3v) is 2.26. The van der Waals surface area contributed by atoms with Crippen LogP contribution in [0, 0.1) is 0 Å². The Bertz CT molecular complexity index is 346. The Kier molecular flexibility index (Phi) is 4.07. The summed E-state index contributed by atoms with van der Waals surface area (Å²) in [4.78, 5) is 11.5. The Balaban J connectivity index is 2.75. The van der Waals surface area contributed by atoms with Crippen molar-refractivity contribution in [2.45, 2.75) is 32.8 Å². The van der Waals surface area contributed by atoms with Crippen LogP contribution >= 0.6 is 0 Å². The molecule has 1 N–H and O–H groups in total. The lowest BCUT2D eigenvalue weighted by atomic mass is 9.97. The lowest BCUT2D eigenvalue weighted by Gasteiger charge is -2.17. The first-order valence-corrected chi connectivity index (χ1v) is 5.45. The molecule has 1 rings (SSSR count). The number of rotatable bonds is 4. The summed E-state index contributed by atoms with van der Waals surface area (Å²) < 4.78 is 5.00. The molecule has 0 saturated heterocycles. The molecule has 0 aliphatic carbocycles. The highest BCUT2D eigenvalue weighted by molar-refractivity contribution is 5.89. The van der Waals surface area contributed by atoms with E-state index in [-0.39, 0.29) is 5.97 Å². The number of hydrogen-bond donors (Lipinski definition) is 1. The first-order valence-electron chi connectivity index (χ1n) is 5.45. The smallest absolute Gasteiger partial charge is 0.338 e. The highest BCUT2D eigenvalue weighted by atomic mass is 16.5. The van der Waals surface area contributed by atoms with Gasteiger partial charge in [-0.2, -0.15) is 0 Å². The molecule has 1 aromatic rings. The number of ether oxygens (including phenoxy) is 1. The van der Waals surface area contributed by atoms with Crippen LogP contribution in [0.15, 0.2) is 24.3 Å². The summed E-state index contributed by atoms with van der Waals surface area (Å²) in [5.74, 6) is -0.316. The molecule has 0 aromatic heterocycles. The Morgan fingerprint density at radius 2 is 1.88 bits per heavy atom. The van der Waals surface area contributed by atoms with Gasteiger partial charge >= 0.3 is 5.97 Å². The van der Waals surface area contributed by atoms with Crippen molar-refractivity contribution in [3.8, 4) is 0 Å². The fourth-order valence-corrected chi connectivity index (χ4v) is 1.29. The molecule has 0 spiro atoms. The van der Waals surface area contributed by atoms with E-state index in [4.69, 9.17) is 4.74 Å². The number of esters is 1. The second-order valence-electron chi connectivity index (χ2n) is 4.27. The molecule has 3 nitrogen and oxygen atoms in total. The van der Waals surface area contributed by atoms with Crippen LogP contribution in [0.2, 0.25) is 0 Å². The maximum atomic E-state index is 11.5.